The van der Waals surface area contributed by atoms with Crippen LogP contribution in [0, 0.1) is 5.82 Å². The average Bonchev–Trinajstić information content (AvgIpc) is 2.61. The Morgan fingerprint density at radius 2 is 1.80 bits per heavy atom. The highest BCUT2D eigenvalue weighted by molar-refractivity contribution is 7.84. The van der Waals surface area contributed by atoms with E-state index in [1.165, 1.54) is 18.4 Å². The van der Waals surface area contributed by atoms with E-state index in [2.05, 4.69) is 5.32 Å². The van der Waals surface area contributed by atoms with Crippen LogP contribution >= 0.6 is 0 Å². The number of amides is 1. The minimum atomic E-state index is -1.34. The average molecular weight is 363 g/mol. The van der Waals surface area contributed by atoms with E-state index < -0.39 is 29.3 Å². The molecule has 7 heteroatoms. The predicted molar refractivity (Wildman–Crippen MR) is 92.2 cm³/mol. The van der Waals surface area contributed by atoms with Crippen LogP contribution < -0.4 is 5.32 Å². The molecule has 25 heavy (non-hydrogen) atoms. The van der Waals surface area contributed by atoms with Gasteiger partial charge in [-0.15, -0.1) is 0 Å². The number of carbonyl (C=O) groups is 2. The van der Waals surface area contributed by atoms with Crippen molar-refractivity contribution in [1.82, 2.24) is 5.32 Å². The van der Waals surface area contributed by atoms with Gasteiger partial charge in [-0.3, -0.25) is 9.00 Å². The van der Waals surface area contributed by atoms with Crippen LogP contribution in [-0.4, -0.2) is 35.5 Å². The summed E-state index contributed by atoms with van der Waals surface area (Å²) >= 11 is 0. The Morgan fingerprint density at radius 3 is 2.52 bits per heavy atom. The Bertz CT molecular complexity index is 794. The van der Waals surface area contributed by atoms with E-state index in [0.29, 0.717) is 16.9 Å². The first-order chi connectivity index (χ1) is 12.0. The zero-order chi connectivity index (χ0) is 18.2. The zero-order valence-electron chi connectivity index (χ0n) is 13.7. The SMILES string of the molecule is C[S@@](=O)c1ccccc1C(=O)OCC(=O)NCCc1ccccc1F. The van der Waals surface area contributed by atoms with E-state index in [-0.39, 0.29) is 17.9 Å². The second kappa shape index (κ2) is 9.08. The van der Waals surface area contributed by atoms with Crippen molar-refractivity contribution in [3.63, 3.8) is 0 Å². The van der Waals surface area contributed by atoms with Gasteiger partial charge >= 0.3 is 5.97 Å². The van der Waals surface area contributed by atoms with Crippen molar-refractivity contribution in [2.75, 3.05) is 19.4 Å². The van der Waals surface area contributed by atoms with Gasteiger partial charge in [-0.2, -0.15) is 0 Å². The first-order valence-corrected chi connectivity index (χ1v) is 9.14. The molecule has 1 N–H and O–H groups in total. The van der Waals surface area contributed by atoms with E-state index >= 15 is 0 Å². The van der Waals surface area contributed by atoms with Crippen molar-refractivity contribution in [1.29, 1.82) is 0 Å². The van der Waals surface area contributed by atoms with Crippen LogP contribution in [-0.2, 0) is 26.8 Å². The van der Waals surface area contributed by atoms with Crippen LogP contribution in [0.15, 0.2) is 53.4 Å². The summed E-state index contributed by atoms with van der Waals surface area (Å²) in [5.41, 5.74) is 0.668. The molecular formula is C18H18FNO4S. The summed E-state index contributed by atoms with van der Waals surface area (Å²) in [7, 11) is -1.34. The number of ether oxygens (including phenoxy) is 1. The van der Waals surface area contributed by atoms with Crippen molar-refractivity contribution >= 4 is 22.7 Å². The number of hydrogen-bond acceptors (Lipinski definition) is 4. The summed E-state index contributed by atoms with van der Waals surface area (Å²) < 4.78 is 30.0. The molecule has 1 amide bonds. The maximum absolute atomic E-state index is 13.5. The van der Waals surface area contributed by atoms with Gasteiger partial charge in [0.05, 0.1) is 21.3 Å². The fraction of sp³-hybridized carbons (Fsp3) is 0.222. The molecule has 0 saturated carbocycles. The quantitative estimate of drug-likeness (QED) is 0.765. The van der Waals surface area contributed by atoms with Gasteiger partial charge in [0.25, 0.3) is 5.91 Å². The molecule has 5 nitrogen and oxygen atoms in total. The van der Waals surface area contributed by atoms with Gasteiger partial charge in [-0.05, 0) is 30.2 Å². The normalized spacial score (nSPS) is 11.6. The standard InChI is InChI=1S/C18H18FNO4S/c1-25(23)16-9-5-3-7-14(16)18(22)24-12-17(21)20-11-10-13-6-2-4-8-15(13)19/h2-9H,10-12H2,1H3,(H,20,21)/t25-/m1/s1. The van der Waals surface area contributed by atoms with Gasteiger partial charge in [0.1, 0.15) is 5.82 Å². The maximum atomic E-state index is 13.5. The van der Waals surface area contributed by atoms with Crippen molar-refractivity contribution in [3.8, 4) is 0 Å². The maximum Gasteiger partial charge on any atom is 0.339 e. The van der Waals surface area contributed by atoms with Crippen molar-refractivity contribution in [3.05, 3.63) is 65.5 Å². The predicted octanol–water partition coefficient (Wildman–Crippen LogP) is 2.08. The third-order valence-corrected chi connectivity index (χ3v) is 4.40. The molecule has 2 aromatic rings. The molecule has 0 aliphatic rings. The molecule has 0 saturated heterocycles. The van der Waals surface area contributed by atoms with Crippen LogP contribution in [0.4, 0.5) is 4.39 Å². The lowest BCUT2D eigenvalue weighted by Gasteiger charge is -2.09. The molecule has 0 aliphatic carbocycles. The summed E-state index contributed by atoms with van der Waals surface area (Å²) in [6.45, 7) is -0.229. The van der Waals surface area contributed by atoms with E-state index in [9.17, 15) is 18.2 Å². The lowest BCUT2D eigenvalue weighted by molar-refractivity contribution is -0.124. The molecule has 2 aromatic carbocycles. The molecule has 0 bridgehead atoms. The second-order valence-corrected chi connectivity index (χ2v) is 6.57. The molecule has 0 aromatic heterocycles. The monoisotopic (exact) mass is 363 g/mol. The zero-order valence-corrected chi connectivity index (χ0v) is 14.5. The lowest BCUT2D eigenvalue weighted by Crippen LogP contribution is -2.30. The third kappa shape index (κ3) is 5.49. The topological polar surface area (TPSA) is 72.5 Å². The van der Waals surface area contributed by atoms with E-state index in [1.54, 1.807) is 36.4 Å². The molecule has 0 spiro atoms. The Hall–Kier alpha value is -2.54. The van der Waals surface area contributed by atoms with Crippen LogP contribution in [0.25, 0.3) is 0 Å². The molecule has 2 rings (SSSR count). The summed E-state index contributed by atoms with van der Waals surface area (Å²) in [5, 5.41) is 2.56. The van der Waals surface area contributed by atoms with Crippen molar-refractivity contribution < 1.29 is 22.9 Å². The van der Waals surface area contributed by atoms with Gasteiger partial charge < -0.3 is 10.1 Å². The van der Waals surface area contributed by atoms with Gasteiger partial charge in [0.2, 0.25) is 0 Å². The molecule has 132 valence electrons. The number of carbonyl (C=O) groups excluding carboxylic acids is 2. The largest absolute Gasteiger partial charge is 0.452 e. The fourth-order valence-corrected chi connectivity index (χ4v) is 2.91. The molecule has 0 unspecified atom stereocenters. The number of halogens is 1. The van der Waals surface area contributed by atoms with E-state index in [0.717, 1.165) is 0 Å². The minimum Gasteiger partial charge on any atom is -0.452 e. The number of nitrogens with one attached hydrogen (secondary N) is 1. The van der Waals surface area contributed by atoms with Crippen molar-refractivity contribution in [2.24, 2.45) is 0 Å². The lowest BCUT2D eigenvalue weighted by atomic mass is 10.1. The highest BCUT2D eigenvalue weighted by atomic mass is 32.2. The molecule has 0 heterocycles. The molecule has 0 radical (unpaired) electrons. The van der Waals surface area contributed by atoms with Gasteiger partial charge in [0, 0.05) is 12.8 Å². The van der Waals surface area contributed by atoms with Crippen LogP contribution in [0.3, 0.4) is 0 Å². The van der Waals surface area contributed by atoms with Crippen LogP contribution in [0.5, 0.6) is 0 Å². The molecule has 0 fully saturated rings. The van der Waals surface area contributed by atoms with Crippen LogP contribution in [0.2, 0.25) is 0 Å². The first-order valence-electron chi connectivity index (χ1n) is 7.58. The number of hydrogen-bond donors (Lipinski definition) is 1. The third-order valence-electron chi connectivity index (χ3n) is 3.43. The Labute approximate surface area is 147 Å². The summed E-state index contributed by atoms with van der Waals surface area (Å²) in [6.07, 6.45) is 1.80. The minimum absolute atomic E-state index is 0.169. The number of rotatable bonds is 7. The Morgan fingerprint density at radius 1 is 1.12 bits per heavy atom. The highest BCUT2D eigenvalue weighted by Gasteiger charge is 2.16. The van der Waals surface area contributed by atoms with Gasteiger partial charge in [-0.25, -0.2) is 9.18 Å². The Balaban J connectivity index is 1.81. The molecule has 1 atom stereocenters. The molecule has 0 aliphatic heterocycles. The second-order valence-electron chi connectivity index (χ2n) is 5.22. The number of esters is 1. The van der Waals surface area contributed by atoms with Crippen LogP contribution in [0.1, 0.15) is 15.9 Å². The van der Waals surface area contributed by atoms with E-state index in [1.807, 2.05) is 0 Å². The first kappa shape index (κ1) is 18.8. The summed E-state index contributed by atoms with van der Waals surface area (Å²) in [5.74, 6) is -1.53. The highest BCUT2D eigenvalue weighted by Crippen LogP contribution is 2.13. The summed E-state index contributed by atoms with van der Waals surface area (Å²) in [6, 6.07) is 12.7. The van der Waals surface area contributed by atoms with E-state index in [4.69, 9.17) is 4.74 Å². The molecular weight excluding hydrogens is 345 g/mol. The summed E-state index contributed by atoms with van der Waals surface area (Å²) in [4.78, 5) is 24.1. The van der Waals surface area contributed by atoms with Gasteiger partial charge in [-0.1, -0.05) is 30.3 Å². The van der Waals surface area contributed by atoms with Gasteiger partial charge in [0.15, 0.2) is 6.61 Å². The fourth-order valence-electron chi connectivity index (χ4n) is 2.18. The smallest absolute Gasteiger partial charge is 0.339 e. The number of benzene rings is 2. The Kier molecular flexibility index (Phi) is 6.82. The van der Waals surface area contributed by atoms with Crippen molar-refractivity contribution in [2.45, 2.75) is 11.3 Å².